The minimum atomic E-state index is -0.378. The standard InChI is InChI=1S/C13H20N4O/c1-16-5-7-17(8-6-16)15-10-11-3-2-4-12(9-11)13(14)18/h2-4,9,15H,5-8,10H2,1H3,(H2,14,18). The molecule has 1 aromatic rings. The van der Waals surface area contributed by atoms with E-state index in [2.05, 4.69) is 22.4 Å². The first kappa shape index (κ1) is 13.0. The zero-order chi connectivity index (χ0) is 13.0. The van der Waals surface area contributed by atoms with Crippen molar-refractivity contribution in [2.24, 2.45) is 5.73 Å². The number of hydrogen-bond donors (Lipinski definition) is 2. The fraction of sp³-hybridized carbons (Fsp3) is 0.462. The minimum Gasteiger partial charge on any atom is -0.366 e. The summed E-state index contributed by atoms with van der Waals surface area (Å²) >= 11 is 0. The van der Waals surface area contributed by atoms with E-state index in [9.17, 15) is 4.79 Å². The normalized spacial score (nSPS) is 17.8. The van der Waals surface area contributed by atoms with E-state index in [1.54, 1.807) is 6.07 Å². The summed E-state index contributed by atoms with van der Waals surface area (Å²) < 4.78 is 0. The fourth-order valence-corrected chi connectivity index (χ4v) is 2.00. The van der Waals surface area contributed by atoms with Gasteiger partial charge in [0.15, 0.2) is 0 Å². The van der Waals surface area contributed by atoms with E-state index in [1.807, 2.05) is 18.2 Å². The van der Waals surface area contributed by atoms with Gasteiger partial charge in [0.1, 0.15) is 0 Å². The van der Waals surface area contributed by atoms with Crippen LogP contribution in [0, 0.1) is 0 Å². The van der Waals surface area contributed by atoms with Gasteiger partial charge in [0.25, 0.3) is 0 Å². The van der Waals surface area contributed by atoms with Crippen LogP contribution in [-0.2, 0) is 6.54 Å². The Balaban J connectivity index is 1.86. The second-order valence-electron chi connectivity index (χ2n) is 4.69. The summed E-state index contributed by atoms with van der Waals surface area (Å²) in [5.41, 5.74) is 10.3. The van der Waals surface area contributed by atoms with Crippen LogP contribution in [0.25, 0.3) is 0 Å². The summed E-state index contributed by atoms with van der Waals surface area (Å²) in [6, 6.07) is 7.43. The summed E-state index contributed by atoms with van der Waals surface area (Å²) in [5, 5.41) is 2.22. The van der Waals surface area contributed by atoms with Gasteiger partial charge in [-0.1, -0.05) is 12.1 Å². The van der Waals surface area contributed by atoms with E-state index in [0.717, 1.165) is 38.3 Å². The third-order valence-corrected chi connectivity index (χ3v) is 3.22. The molecule has 98 valence electrons. The lowest BCUT2D eigenvalue weighted by Gasteiger charge is -2.32. The second-order valence-corrected chi connectivity index (χ2v) is 4.69. The Bertz CT molecular complexity index is 413. The Labute approximate surface area is 108 Å². The van der Waals surface area contributed by atoms with E-state index in [-0.39, 0.29) is 5.91 Å². The number of hydrogen-bond acceptors (Lipinski definition) is 4. The molecule has 0 bridgehead atoms. The van der Waals surface area contributed by atoms with Gasteiger partial charge in [0.2, 0.25) is 5.91 Å². The van der Waals surface area contributed by atoms with Crippen molar-refractivity contribution in [2.75, 3.05) is 33.2 Å². The third-order valence-electron chi connectivity index (χ3n) is 3.22. The third kappa shape index (κ3) is 3.53. The van der Waals surface area contributed by atoms with Crippen LogP contribution in [0.5, 0.6) is 0 Å². The predicted octanol–water partition coefficient (Wildman–Crippen LogP) is 0.0375. The predicted molar refractivity (Wildman–Crippen MR) is 70.9 cm³/mol. The van der Waals surface area contributed by atoms with Crippen LogP contribution in [-0.4, -0.2) is 49.0 Å². The SMILES string of the molecule is CN1CCN(NCc2cccc(C(N)=O)c2)CC1. The molecule has 1 aliphatic rings. The Hall–Kier alpha value is -1.43. The van der Waals surface area contributed by atoms with Gasteiger partial charge in [0.05, 0.1) is 0 Å². The van der Waals surface area contributed by atoms with Crippen molar-refractivity contribution < 1.29 is 4.79 Å². The van der Waals surface area contributed by atoms with Gasteiger partial charge in [-0.15, -0.1) is 0 Å². The summed E-state index contributed by atoms with van der Waals surface area (Å²) in [5.74, 6) is -0.378. The number of nitrogens with one attached hydrogen (secondary N) is 1. The first-order valence-electron chi connectivity index (χ1n) is 6.21. The highest BCUT2D eigenvalue weighted by molar-refractivity contribution is 5.92. The number of nitrogens with zero attached hydrogens (tertiary/aromatic N) is 2. The molecule has 1 amide bonds. The maximum absolute atomic E-state index is 11.1. The Morgan fingerprint density at radius 2 is 2.06 bits per heavy atom. The van der Waals surface area contributed by atoms with Crippen LogP contribution < -0.4 is 11.2 Å². The van der Waals surface area contributed by atoms with Crippen molar-refractivity contribution in [1.29, 1.82) is 0 Å². The molecule has 1 fully saturated rings. The lowest BCUT2D eigenvalue weighted by molar-refractivity contribution is 0.0998. The number of hydrazine groups is 1. The molecule has 2 rings (SSSR count). The molecule has 0 atom stereocenters. The fourth-order valence-electron chi connectivity index (χ4n) is 2.00. The lowest BCUT2D eigenvalue weighted by atomic mass is 10.1. The molecule has 1 saturated heterocycles. The van der Waals surface area contributed by atoms with Crippen LogP contribution in [0.1, 0.15) is 15.9 Å². The number of piperazine rings is 1. The molecule has 0 radical (unpaired) electrons. The van der Waals surface area contributed by atoms with Gasteiger partial charge >= 0.3 is 0 Å². The Morgan fingerprint density at radius 3 is 2.72 bits per heavy atom. The zero-order valence-electron chi connectivity index (χ0n) is 10.7. The van der Waals surface area contributed by atoms with Crippen molar-refractivity contribution in [2.45, 2.75) is 6.54 Å². The number of carbonyl (C=O) groups excluding carboxylic acids is 1. The van der Waals surface area contributed by atoms with Crippen LogP contribution in [0.2, 0.25) is 0 Å². The van der Waals surface area contributed by atoms with Crippen molar-refractivity contribution in [1.82, 2.24) is 15.3 Å². The van der Waals surface area contributed by atoms with Crippen molar-refractivity contribution in [3.63, 3.8) is 0 Å². The number of amides is 1. The quantitative estimate of drug-likeness (QED) is 0.789. The van der Waals surface area contributed by atoms with Crippen molar-refractivity contribution in [3.05, 3.63) is 35.4 Å². The van der Waals surface area contributed by atoms with Crippen LogP contribution in [0.4, 0.5) is 0 Å². The number of primary amides is 1. The minimum absolute atomic E-state index is 0.378. The molecule has 1 heterocycles. The summed E-state index contributed by atoms with van der Waals surface area (Å²) in [6.45, 7) is 4.92. The van der Waals surface area contributed by atoms with Gasteiger partial charge in [-0.3, -0.25) is 10.2 Å². The molecule has 0 aromatic heterocycles. The molecule has 0 unspecified atom stereocenters. The van der Waals surface area contributed by atoms with Gasteiger partial charge < -0.3 is 10.6 Å². The summed E-state index contributed by atoms with van der Waals surface area (Å²) in [4.78, 5) is 13.4. The summed E-state index contributed by atoms with van der Waals surface area (Å²) in [6.07, 6.45) is 0. The smallest absolute Gasteiger partial charge is 0.248 e. The first-order chi connectivity index (χ1) is 8.65. The molecule has 5 nitrogen and oxygen atoms in total. The molecule has 3 N–H and O–H groups in total. The molecule has 18 heavy (non-hydrogen) atoms. The monoisotopic (exact) mass is 248 g/mol. The van der Waals surface area contributed by atoms with E-state index in [1.165, 1.54) is 0 Å². The van der Waals surface area contributed by atoms with E-state index in [4.69, 9.17) is 5.73 Å². The number of carbonyl (C=O) groups is 1. The molecule has 1 aliphatic heterocycles. The van der Waals surface area contributed by atoms with E-state index >= 15 is 0 Å². The summed E-state index contributed by atoms with van der Waals surface area (Å²) in [7, 11) is 2.13. The molecule has 5 heteroatoms. The van der Waals surface area contributed by atoms with Crippen molar-refractivity contribution in [3.8, 4) is 0 Å². The number of nitrogens with two attached hydrogens (primary N) is 1. The highest BCUT2D eigenvalue weighted by Gasteiger charge is 2.12. The Kier molecular flexibility index (Phi) is 4.30. The van der Waals surface area contributed by atoms with E-state index in [0.29, 0.717) is 5.56 Å². The molecule has 1 aromatic carbocycles. The average Bonchev–Trinajstić information content (AvgIpc) is 2.38. The number of likely N-dealkylation sites (N-methyl/N-ethyl adjacent to an activating group) is 1. The highest BCUT2D eigenvalue weighted by Crippen LogP contribution is 2.05. The van der Waals surface area contributed by atoms with Crippen LogP contribution in [0.3, 0.4) is 0 Å². The number of rotatable bonds is 4. The zero-order valence-corrected chi connectivity index (χ0v) is 10.7. The molecular formula is C13H20N4O. The van der Waals surface area contributed by atoms with Gasteiger partial charge in [-0.05, 0) is 24.7 Å². The second kappa shape index (κ2) is 5.95. The maximum atomic E-state index is 11.1. The Morgan fingerprint density at radius 1 is 1.33 bits per heavy atom. The van der Waals surface area contributed by atoms with Crippen LogP contribution >= 0.6 is 0 Å². The first-order valence-corrected chi connectivity index (χ1v) is 6.21. The average molecular weight is 248 g/mol. The van der Waals surface area contributed by atoms with Gasteiger partial charge in [-0.2, -0.15) is 0 Å². The van der Waals surface area contributed by atoms with Gasteiger partial charge in [0, 0.05) is 38.3 Å². The molecule has 0 saturated carbocycles. The van der Waals surface area contributed by atoms with Crippen molar-refractivity contribution >= 4 is 5.91 Å². The molecule has 0 aliphatic carbocycles. The topological polar surface area (TPSA) is 61.6 Å². The van der Waals surface area contributed by atoms with Gasteiger partial charge in [-0.25, -0.2) is 5.01 Å². The van der Waals surface area contributed by atoms with E-state index < -0.39 is 0 Å². The molecular weight excluding hydrogens is 228 g/mol. The van der Waals surface area contributed by atoms with Crippen LogP contribution in [0.15, 0.2) is 24.3 Å². The highest BCUT2D eigenvalue weighted by atomic mass is 16.1. The lowest BCUT2D eigenvalue weighted by Crippen LogP contribution is -2.50. The number of benzene rings is 1. The molecule has 0 spiro atoms. The maximum Gasteiger partial charge on any atom is 0.248 e. The largest absolute Gasteiger partial charge is 0.366 e.